The molecule has 65 heavy (non-hydrogen) atoms. The van der Waals surface area contributed by atoms with E-state index in [4.69, 9.17) is 14.5 Å². The largest absolute Gasteiger partial charge is 0.481 e. The molecule has 0 aliphatic rings. The number of aromatic nitrogens is 6. The Kier molecular flexibility index (Phi) is 20.7. The molecule has 3 aromatic heterocycles. The third kappa shape index (κ3) is 16.8. The zero-order valence-electron chi connectivity index (χ0n) is 37.0. The van der Waals surface area contributed by atoms with E-state index in [1.54, 1.807) is 13.8 Å². The van der Waals surface area contributed by atoms with Crippen molar-refractivity contribution < 1.29 is 43.6 Å². The minimum atomic E-state index is -1.33. The number of carboxylic acid groups (broad SMARTS) is 2. The quantitative estimate of drug-likeness (QED) is 0.0873. The third-order valence-corrected chi connectivity index (χ3v) is 9.36. The highest BCUT2D eigenvalue weighted by molar-refractivity contribution is 5.91. The lowest BCUT2D eigenvalue weighted by atomic mass is 10.1. The molecule has 0 aliphatic carbocycles. The van der Waals surface area contributed by atoms with Gasteiger partial charge in [0.15, 0.2) is 11.6 Å². The van der Waals surface area contributed by atoms with E-state index >= 15 is 0 Å². The van der Waals surface area contributed by atoms with Gasteiger partial charge in [0.2, 0.25) is 23.5 Å². The Bertz CT molecular complexity index is 2490. The second-order valence-corrected chi connectivity index (χ2v) is 14.5. The highest BCUT2D eigenvalue weighted by Crippen LogP contribution is 2.20. The molecule has 0 bridgehead atoms. The van der Waals surface area contributed by atoms with Gasteiger partial charge in [0.05, 0.1) is 32.1 Å². The number of aryl methyl sites for hydroxylation is 2. The van der Waals surface area contributed by atoms with Gasteiger partial charge in [-0.3, -0.25) is 52.7 Å². The Hall–Kier alpha value is -7.68. The van der Waals surface area contributed by atoms with Crippen LogP contribution in [0.2, 0.25) is 0 Å². The second kappa shape index (κ2) is 26.1. The Morgan fingerprint density at radius 3 is 1.94 bits per heavy atom. The van der Waals surface area contributed by atoms with Gasteiger partial charge in [0, 0.05) is 38.3 Å². The monoisotopic (exact) mass is 898 g/mol. The number of carboxylic acids is 2. The standard InChI is InChI=1S/C35H42N10O9.C7H8.C2H4O2/c1-5-28(33(51)39-26(23(4)46)16-30(49)50)44-15-13-37-32(35(44)53)45(20-27-22(3)40-54-41-27)31-34(52)43(14-12-36-31)21-29(48)38-17-25(47)19-42(6-2)18-24-10-8-7-9-11-24;1-7-5-3-2-4-6-7;1-2(3)4/h7-15,26,28H,5-6,16-21H2,1-4H3,(H,38,48)(H,39,51)(H,49,50);2-6H,1H3;1H3,(H,3,4). The summed E-state index contributed by atoms with van der Waals surface area (Å²) in [4.78, 5) is 111. The number of hydrogen-bond acceptors (Lipinski definition) is 15. The molecule has 21 nitrogen and oxygen atoms in total. The van der Waals surface area contributed by atoms with Crippen LogP contribution in [-0.2, 0) is 48.4 Å². The van der Waals surface area contributed by atoms with Crippen LogP contribution in [0, 0.1) is 13.8 Å². The van der Waals surface area contributed by atoms with Crippen molar-refractivity contribution in [3.63, 3.8) is 0 Å². The van der Waals surface area contributed by atoms with Crippen molar-refractivity contribution in [3.05, 3.63) is 129 Å². The van der Waals surface area contributed by atoms with E-state index in [1.807, 2.05) is 60.4 Å². The van der Waals surface area contributed by atoms with Gasteiger partial charge in [-0.15, -0.1) is 0 Å². The molecule has 0 aliphatic heterocycles. The van der Waals surface area contributed by atoms with Crippen molar-refractivity contribution >= 4 is 47.0 Å². The van der Waals surface area contributed by atoms with Crippen LogP contribution >= 0.6 is 0 Å². The van der Waals surface area contributed by atoms with E-state index in [2.05, 4.69) is 50.0 Å². The minimum absolute atomic E-state index is 0.0523. The molecule has 0 saturated carbocycles. The fourth-order valence-corrected chi connectivity index (χ4v) is 6.00. The zero-order valence-corrected chi connectivity index (χ0v) is 37.0. The molecular weight excluding hydrogens is 845 g/mol. The summed E-state index contributed by atoms with van der Waals surface area (Å²) in [6.07, 6.45) is 4.37. The zero-order chi connectivity index (χ0) is 48.1. The van der Waals surface area contributed by atoms with Gasteiger partial charge in [-0.25, -0.2) is 14.6 Å². The summed E-state index contributed by atoms with van der Waals surface area (Å²) in [5.41, 5.74) is 1.28. The third-order valence-electron chi connectivity index (χ3n) is 9.36. The van der Waals surface area contributed by atoms with Crippen LogP contribution in [0.15, 0.2) is 99.7 Å². The highest BCUT2D eigenvalue weighted by atomic mass is 16.6. The average molecular weight is 899 g/mol. The molecule has 3 heterocycles. The second-order valence-electron chi connectivity index (χ2n) is 14.5. The summed E-state index contributed by atoms with van der Waals surface area (Å²) in [6.45, 7) is 9.69. The smallest absolute Gasteiger partial charge is 0.305 e. The predicted octanol–water partition coefficient (Wildman–Crippen LogP) is 2.62. The number of ketones is 2. The lowest BCUT2D eigenvalue weighted by Crippen LogP contribution is -2.46. The number of amides is 2. The van der Waals surface area contributed by atoms with Crippen LogP contribution < -0.4 is 26.7 Å². The number of likely N-dealkylation sites (N-methyl/N-ethyl adjacent to an activating group) is 1. The van der Waals surface area contributed by atoms with E-state index in [9.17, 15) is 38.7 Å². The van der Waals surface area contributed by atoms with Crippen molar-refractivity contribution in [2.45, 2.75) is 86.1 Å². The fraction of sp³-hybridized carbons (Fsp3) is 0.364. The molecule has 0 fully saturated rings. The number of carbonyl (C=O) groups excluding carboxylic acids is 4. The maximum atomic E-state index is 14.0. The molecule has 2 aromatic carbocycles. The summed E-state index contributed by atoms with van der Waals surface area (Å²) >= 11 is 0. The molecule has 21 heteroatoms. The van der Waals surface area contributed by atoms with Crippen LogP contribution in [0.25, 0.3) is 0 Å². The molecule has 5 aromatic rings. The minimum Gasteiger partial charge on any atom is -0.481 e. The molecule has 5 rings (SSSR count). The van der Waals surface area contributed by atoms with E-state index in [0.717, 1.165) is 33.4 Å². The molecule has 4 N–H and O–H groups in total. The van der Waals surface area contributed by atoms with Crippen molar-refractivity contribution in [2.24, 2.45) is 0 Å². The van der Waals surface area contributed by atoms with Gasteiger partial charge < -0.3 is 25.4 Å². The Labute approximate surface area is 374 Å². The maximum absolute atomic E-state index is 14.0. The van der Waals surface area contributed by atoms with E-state index < -0.39 is 65.7 Å². The maximum Gasteiger partial charge on any atom is 0.305 e. The van der Waals surface area contributed by atoms with Gasteiger partial charge in [0.1, 0.15) is 24.0 Å². The van der Waals surface area contributed by atoms with Crippen LogP contribution in [0.5, 0.6) is 0 Å². The average Bonchev–Trinajstić information content (AvgIpc) is 3.67. The highest BCUT2D eigenvalue weighted by Gasteiger charge is 2.29. The molecule has 2 unspecified atom stereocenters. The van der Waals surface area contributed by atoms with Crippen molar-refractivity contribution in [1.82, 2.24) is 44.9 Å². The fourth-order valence-electron chi connectivity index (χ4n) is 6.00. The van der Waals surface area contributed by atoms with Gasteiger partial charge in [-0.05, 0) is 39.3 Å². The molecule has 0 spiro atoms. The summed E-state index contributed by atoms with van der Waals surface area (Å²) in [7, 11) is 0. The summed E-state index contributed by atoms with van der Waals surface area (Å²) < 4.78 is 6.91. The Morgan fingerprint density at radius 2 is 1.42 bits per heavy atom. The molecule has 0 saturated heterocycles. The van der Waals surface area contributed by atoms with Crippen molar-refractivity contribution in [1.29, 1.82) is 0 Å². The topological polar surface area (TPSA) is 282 Å². The Balaban J connectivity index is 0.000000896. The number of rotatable bonds is 20. The van der Waals surface area contributed by atoms with Gasteiger partial charge >= 0.3 is 5.97 Å². The lowest BCUT2D eigenvalue weighted by Gasteiger charge is -2.24. The van der Waals surface area contributed by atoms with Gasteiger partial charge in [-0.1, -0.05) is 90.4 Å². The number of anilines is 2. The van der Waals surface area contributed by atoms with Crippen LogP contribution in [0.1, 0.15) is 69.1 Å². The summed E-state index contributed by atoms with van der Waals surface area (Å²) in [5.74, 6) is -5.04. The number of carbonyl (C=O) groups is 6. The first-order chi connectivity index (χ1) is 30.9. The molecule has 346 valence electrons. The molecule has 0 radical (unpaired) electrons. The number of Topliss-reactive ketones (excluding diaryl/α,β-unsaturated/α-hetero) is 2. The first-order valence-corrected chi connectivity index (χ1v) is 20.4. The number of nitrogens with zero attached hydrogens (tertiary/aromatic N) is 8. The molecule has 2 amide bonds. The van der Waals surface area contributed by atoms with E-state index in [1.165, 1.54) is 30.4 Å². The molecule has 2 atom stereocenters. The van der Waals surface area contributed by atoms with Gasteiger partial charge in [0.25, 0.3) is 17.1 Å². The SMILES string of the molecule is CC(=O)O.CCC(C(=O)NC(CC(=O)O)C(C)=O)n1ccnc(N(Cc2nonc2C)c2nccn(CC(=O)NCC(=O)CN(CC)Cc3ccccc3)c2=O)c1=O.Cc1ccccc1. The van der Waals surface area contributed by atoms with Crippen molar-refractivity contribution in [3.8, 4) is 0 Å². The van der Waals surface area contributed by atoms with Crippen LogP contribution in [-0.4, -0.2) is 106 Å². The van der Waals surface area contributed by atoms with Gasteiger partial charge in [-0.2, -0.15) is 0 Å². The lowest BCUT2D eigenvalue weighted by molar-refractivity contribution is -0.140. The number of benzene rings is 2. The van der Waals surface area contributed by atoms with Crippen LogP contribution in [0.3, 0.4) is 0 Å². The van der Waals surface area contributed by atoms with Crippen LogP contribution in [0.4, 0.5) is 11.6 Å². The van der Waals surface area contributed by atoms with E-state index in [-0.39, 0.29) is 49.2 Å². The number of hydrogen-bond donors (Lipinski definition) is 4. The number of nitrogens with one attached hydrogen (secondary N) is 2. The van der Waals surface area contributed by atoms with E-state index in [0.29, 0.717) is 18.8 Å². The first-order valence-electron chi connectivity index (χ1n) is 20.4. The number of aliphatic carboxylic acids is 2. The summed E-state index contributed by atoms with van der Waals surface area (Å²) in [6, 6.07) is 17.4. The summed E-state index contributed by atoms with van der Waals surface area (Å²) in [5, 5.41) is 29.2. The van der Waals surface area contributed by atoms with Crippen molar-refractivity contribution in [2.75, 3.05) is 24.5 Å². The normalized spacial score (nSPS) is 11.4. The first kappa shape index (κ1) is 51.7. The predicted molar refractivity (Wildman–Crippen MR) is 236 cm³/mol. The molecular formula is C44H54N10O11. The Morgan fingerprint density at radius 1 is 0.815 bits per heavy atom.